The molecule has 1 aliphatic carbocycles. The Bertz CT molecular complexity index is 1170. The molecule has 2 heterocycles. The highest BCUT2D eigenvalue weighted by Crippen LogP contribution is 2.35. The number of hydrogen-bond acceptors (Lipinski definition) is 6. The molecule has 0 atom stereocenters. The number of aryl methyl sites for hydroxylation is 1. The zero-order valence-electron chi connectivity index (χ0n) is 18.4. The Balaban J connectivity index is 1.29. The average Bonchev–Trinajstić information content (AvgIpc) is 3.61. The van der Waals surface area contributed by atoms with E-state index in [4.69, 9.17) is 9.47 Å². The molecular weight excluding hydrogens is 438 g/mol. The second-order valence-electron chi connectivity index (χ2n) is 8.09. The lowest BCUT2D eigenvalue weighted by atomic mass is 10.1. The van der Waals surface area contributed by atoms with Crippen LogP contribution in [0.2, 0.25) is 0 Å². The number of benzene rings is 2. The van der Waals surface area contributed by atoms with Crippen molar-refractivity contribution in [2.45, 2.75) is 25.8 Å². The fourth-order valence-corrected chi connectivity index (χ4v) is 4.88. The zero-order valence-corrected chi connectivity index (χ0v) is 19.2. The third-order valence-electron chi connectivity index (χ3n) is 5.67. The molecule has 0 unspecified atom stereocenters. The van der Waals surface area contributed by atoms with Gasteiger partial charge in [-0.15, -0.1) is 11.3 Å². The zero-order chi connectivity index (χ0) is 22.8. The van der Waals surface area contributed by atoms with Crippen LogP contribution in [-0.2, 0) is 0 Å². The Kier molecular flexibility index (Phi) is 6.00. The van der Waals surface area contributed by atoms with Gasteiger partial charge in [0.2, 0.25) is 0 Å². The second kappa shape index (κ2) is 9.23. The molecule has 0 saturated heterocycles. The number of carbonyl (C=O) groups excluding carboxylic acids is 2. The van der Waals surface area contributed by atoms with Crippen LogP contribution in [0.5, 0.6) is 11.5 Å². The van der Waals surface area contributed by atoms with Crippen LogP contribution in [-0.4, -0.2) is 54.0 Å². The van der Waals surface area contributed by atoms with E-state index in [2.05, 4.69) is 10.3 Å². The van der Waals surface area contributed by atoms with Crippen molar-refractivity contribution in [2.75, 3.05) is 26.3 Å². The van der Waals surface area contributed by atoms with Crippen molar-refractivity contribution in [1.29, 1.82) is 0 Å². The van der Waals surface area contributed by atoms with Crippen LogP contribution < -0.4 is 14.8 Å². The number of carbonyl (C=O) groups is 2. The lowest BCUT2D eigenvalue weighted by Gasteiger charge is -2.23. The molecule has 0 radical (unpaired) electrons. The fourth-order valence-electron chi connectivity index (χ4n) is 3.97. The highest BCUT2D eigenvalue weighted by Gasteiger charge is 2.35. The number of amides is 2. The first-order chi connectivity index (χ1) is 16.1. The minimum absolute atomic E-state index is 0.0798. The number of fused-ring (bicyclic) bond motifs is 1. The van der Waals surface area contributed by atoms with Gasteiger partial charge in [-0.25, -0.2) is 4.98 Å². The van der Waals surface area contributed by atoms with Gasteiger partial charge in [-0.2, -0.15) is 0 Å². The number of ether oxygens (including phenoxy) is 2. The molecule has 5 rings (SSSR count). The van der Waals surface area contributed by atoms with Gasteiger partial charge in [0.25, 0.3) is 11.8 Å². The number of thiazole rings is 1. The third kappa shape index (κ3) is 4.57. The van der Waals surface area contributed by atoms with Crippen molar-refractivity contribution in [2.24, 2.45) is 0 Å². The smallest absolute Gasteiger partial charge is 0.274 e. The molecule has 170 valence electrons. The van der Waals surface area contributed by atoms with E-state index in [1.54, 1.807) is 18.2 Å². The van der Waals surface area contributed by atoms with E-state index in [9.17, 15) is 9.59 Å². The summed E-state index contributed by atoms with van der Waals surface area (Å²) in [5.41, 5.74) is 1.93. The van der Waals surface area contributed by atoms with Gasteiger partial charge in [0.05, 0.1) is 15.4 Å². The molecule has 1 saturated carbocycles. The number of nitrogens with zero attached hydrogens (tertiary/aromatic N) is 2. The van der Waals surface area contributed by atoms with E-state index in [0.29, 0.717) is 49.1 Å². The van der Waals surface area contributed by atoms with Gasteiger partial charge in [0, 0.05) is 19.1 Å². The number of para-hydroxylation sites is 1. The summed E-state index contributed by atoms with van der Waals surface area (Å²) < 4.78 is 11.2. The second-order valence-corrected chi connectivity index (χ2v) is 9.30. The van der Waals surface area contributed by atoms with Crippen LogP contribution in [0.4, 0.5) is 0 Å². The monoisotopic (exact) mass is 463 g/mol. The Hall–Kier alpha value is -3.39. The maximum absolute atomic E-state index is 13.5. The van der Waals surface area contributed by atoms with Crippen LogP contribution in [0.25, 0.3) is 10.4 Å². The van der Waals surface area contributed by atoms with Gasteiger partial charge < -0.3 is 19.7 Å². The van der Waals surface area contributed by atoms with Crippen LogP contribution in [0, 0.1) is 6.92 Å². The Morgan fingerprint density at radius 3 is 2.67 bits per heavy atom. The molecule has 7 nitrogen and oxygen atoms in total. The molecule has 1 aliphatic heterocycles. The average molecular weight is 464 g/mol. The normalized spacial score (nSPS) is 14.6. The van der Waals surface area contributed by atoms with E-state index in [0.717, 1.165) is 28.3 Å². The molecule has 8 heteroatoms. The molecule has 1 fully saturated rings. The van der Waals surface area contributed by atoms with Gasteiger partial charge in [0.1, 0.15) is 18.9 Å². The summed E-state index contributed by atoms with van der Waals surface area (Å²) in [6.45, 7) is 3.57. The van der Waals surface area contributed by atoms with Crippen LogP contribution in [0.15, 0.2) is 48.5 Å². The van der Waals surface area contributed by atoms with Crippen molar-refractivity contribution in [1.82, 2.24) is 15.2 Å². The number of hydrogen-bond donors (Lipinski definition) is 1. The first-order valence-corrected chi connectivity index (χ1v) is 11.9. The first kappa shape index (κ1) is 21.5. The van der Waals surface area contributed by atoms with Gasteiger partial charge in [0.15, 0.2) is 11.5 Å². The Morgan fingerprint density at radius 1 is 1.09 bits per heavy atom. The molecule has 1 aromatic heterocycles. The highest BCUT2D eigenvalue weighted by atomic mass is 32.1. The molecule has 2 amide bonds. The van der Waals surface area contributed by atoms with E-state index < -0.39 is 0 Å². The summed E-state index contributed by atoms with van der Waals surface area (Å²) in [5, 5.41) is 3.79. The van der Waals surface area contributed by atoms with Gasteiger partial charge in [-0.05, 0) is 37.5 Å². The summed E-state index contributed by atoms with van der Waals surface area (Å²) in [6, 6.07) is 15.4. The van der Waals surface area contributed by atoms with Gasteiger partial charge in [-0.3, -0.25) is 9.59 Å². The minimum atomic E-state index is -0.241. The molecule has 1 N–H and O–H groups in total. The van der Waals surface area contributed by atoms with E-state index in [-0.39, 0.29) is 17.9 Å². The lowest BCUT2D eigenvalue weighted by molar-refractivity contribution is 0.0731. The van der Waals surface area contributed by atoms with E-state index in [1.165, 1.54) is 11.3 Å². The molecule has 0 bridgehead atoms. The predicted octanol–water partition coefficient (Wildman–Crippen LogP) is 3.92. The number of rotatable bonds is 7. The number of nitrogens with one attached hydrogen (secondary N) is 1. The van der Waals surface area contributed by atoms with Crippen LogP contribution >= 0.6 is 11.3 Å². The minimum Gasteiger partial charge on any atom is -0.486 e. The summed E-state index contributed by atoms with van der Waals surface area (Å²) >= 11 is 1.53. The maximum atomic E-state index is 13.5. The van der Waals surface area contributed by atoms with Crippen molar-refractivity contribution in [3.8, 4) is 21.9 Å². The molecular formula is C25H25N3O4S. The fraction of sp³-hybridized carbons (Fsp3) is 0.320. The standard InChI is InChI=1S/C25H25N3O4S/c1-16-27-21(23(33-16)17-6-3-2-4-7-17)25(30)28(18-10-11-18)13-12-26-24(29)19-8-5-9-20-22(19)32-15-14-31-20/h2-9,18H,10-15H2,1H3,(H,26,29). The van der Waals surface area contributed by atoms with Gasteiger partial charge in [-0.1, -0.05) is 36.4 Å². The highest BCUT2D eigenvalue weighted by molar-refractivity contribution is 7.15. The van der Waals surface area contributed by atoms with Crippen molar-refractivity contribution < 1.29 is 19.1 Å². The number of aromatic nitrogens is 1. The molecule has 33 heavy (non-hydrogen) atoms. The van der Waals surface area contributed by atoms with Crippen molar-refractivity contribution in [3.05, 3.63) is 64.8 Å². The van der Waals surface area contributed by atoms with Crippen LogP contribution in [0.3, 0.4) is 0 Å². The van der Waals surface area contributed by atoms with Crippen LogP contribution in [0.1, 0.15) is 38.7 Å². The topological polar surface area (TPSA) is 80.8 Å². The Labute approximate surface area is 196 Å². The SMILES string of the molecule is Cc1nc(C(=O)N(CCNC(=O)c2cccc3c2OCCO3)C2CC2)c(-c2ccccc2)s1. The lowest BCUT2D eigenvalue weighted by Crippen LogP contribution is -2.40. The maximum Gasteiger partial charge on any atom is 0.274 e. The molecule has 2 aromatic carbocycles. The van der Waals surface area contributed by atoms with Crippen molar-refractivity contribution in [3.63, 3.8) is 0 Å². The third-order valence-corrected chi connectivity index (χ3v) is 6.69. The largest absolute Gasteiger partial charge is 0.486 e. The van der Waals surface area contributed by atoms with Gasteiger partial charge >= 0.3 is 0 Å². The molecule has 3 aromatic rings. The summed E-state index contributed by atoms with van der Waals surface area (Å²) in [6.07, 6.45) is 1.95. The summed E-state index contributed by atoms with van der Waals surface area (Å²) in [5.74, 6) is 0.733. The van der Waals surface area contributed by atoms with E-state index >= 15 is 0 Å². The Morgan fingerprint density at radius 2 is 1.88 bits per heavy atom. The van der Waals surface area contributed by atoms with E-state index in [1.807, 2.05) is 42.2 Å². The predicted molar refractivity (Wildman–Crippen MR) is 126 cm³/mol. The summed E-state index contributed by atoms with van der Waals surface area (Å²) in [7, 11) is 0. The first-order valence-electron chi connectivity index (χ1n) is 11.1. The quantitative estimate of drug-likeness (QED) is 0.574. The van der Waals surface area contributed by atoms with Crippen molar-refractivity contribution >= 4 is 23.2 Å². The molecule has 2 aliphatic rings. The summed E-state index contributed by atoms with van der Waals surface area (Å²) in [4.78, 5) is 33.6. The molecule has 0 spiro atoms.